The Morgan fingerprint density at radius 3 is 2.69 bits per heavy atom. The van der Waals surface area contributed by atoms with E-state index in [0.29, 0.717) is 16.6 Å². The minimum atomic E-state index is -1.20. The summed E-state index contributed by atoms with van der Waals surface area (Å²) in [5.41, 5.74) is 8.41. The van der Waals surface area contributed by atoms with Crippen LogP contribution in [0.5, 0.6) is 11.5 Å². The fourth-order valence-electron chi connectivity index (χ4n) is 5.51. The van der Waals surface area contributed by atoms with E-state index in [1.807, 2.05) is 24.3 Å². The highest BCUT2D eigenvalue weighted by Gasteiger charge is 2.42. The molecule has 234 valence electrons. The molecule has 0 amide bonds. The minimum absolute atomic E-state index is 0.0308. The highest BCUT2D eigenvalue weighted by molar-refractivity contribution is 9.10. The van der Waals surface area contributed by atoms with Crippen molar-refractivity contribution in [2.45, 2.75) is 44.4 Å². The van der Waals surface area contributed by atoms with Crippen LogP contribution in [0, 0.1) is 17.0 Å². The maximum atomic E-state index is 15.1. The van der Waals surface area contributed by atoms with Gasteiger partial charge in [0.2, 0.25) is 0 Å². The fraction of sp³-hybridized carbons (Fsp3) is 0.257. The van der Waals surface area contributed by atoms with Gasteiger partial charge in [-0.05, 0) is 86.1 Å². The lowest BCUT2D eigenvalue weighted by Gasteiger charge is -2.31. The van der Waals surface area contributed by atoms with Crippen LogP contribution in [0.4, 0.5) is 8.78 Å². The van der Waals surface area contributed by atoms with Crippen molar-refractivity contribution < 1.29 is 28.5 Å². The summed E-state index contributed by atoms with van der Waals surface area (Å²) in [5, 5.41) is 19.5. The molecule has 1 heterocycles. The second kappa shape index (κ2) is 13.4. The zero-order valence-corrected chi connectivity index (χ0v) is 26.3. The van der Waals surface area contributed by atoms with Gasteiger partial charge in [-0.15, -0.1) is 0 Å². The molecule has 0 aliphatic heterocycles. The zero-order valence-electron chi connectivity index (χ0n) is 24.7. The number of carbonyl (C=O) groups is 1. The number of fused-ring (bicyclic) bond motifs is 1. The molecule has 1 atom stereocenters. The number of H-pyrrole nitrogens is 1. The third-order valence-corrected chi connectivity index (χ3v) is 9.08. The summed E-state index contributed by atoms with van der Waals surface area (Å²) in [6, 6.07) is 14.8. The van der Waals surface area contributed by atoms with E-state index in [1.54, 1.807) is 12.3 Å². The third-order valence-electron chi connectivity index (χ3n) is 8.58. The van der Waals surface area contributed by atoms with Crippen LogP contribution in [0.1, 0.15) is 55.7 Å². The van der Waals surface area contributed by atoms with E-state index in [-0.39, 0.29) is 34.6 Å². The van der Waals surface area contributed by atoms with Crippen molar-refractivity contribution in [1.82, 2.24) is 4.98 Å². The molecule has 0 saturated heterocycles. The van der Waals surface area contributed by atoms with Gasteiger partial charge in [0.15, 0.2) is 11.6 Å². The lowest BCUT2D eigenvalue weighted by atomic mass is 9.75. The van der Waals surface area contributed by atoms with E-state index in [0.717, 1.165) is 48.2 Å². The smallest absolute Gasteiger partial charge is 0.328 e. The number of aliphatic carboxylic acids is 1. The second-order valence-electron chi connectivity index (χ2n) is 11.7. The maximum Gasteiger partial charge on any atom is 0.328 e. The van der Waals surface area contributed by atoms with Crippen molar-refractivity contribution in [3.05, 3.63) is 112 Å². The van der Waals surface area contributed by atoms with Gasteiger partial charge in [-0.3, -0.25) is 4.99 Å². The molecule has 1 aliphatic rings. The largest absolute Gasteiger partial charge is 0.478 e. The van der Waals surface area contributed by atoms with E-state index in [9.17, 15) is 14.3 Å². The summed E-state index contributed by atoms with van der Waals surface area (Å²) in [6.07, 6.45) is 11.2. The molecule has 0 spiro atoms. The molecule has 1 fully saturated rings. The van der Waals surface area contributed by atoms with E-state index in [1.165, 1.54) is 42.8 Å². The number of allylic oxidation sites excluding steroid dienone is 1. The first-order valence-electron chi connectivity index (χ1n) is 14.6. The summed E-state index contributed by atoms with van der Waals surface area (Å²) in [6.45, 7) is 2.24. The van der Waals surface area contributed by atoms with E-state index >= 15 is 4.39 Å². The summed E-state index contributed by atoms with van der Waals surface area (Å²) in [5.74, 6) is -2.56. The third kappa shape index (κ3) is 7.34. The molecule has 5 rings (SSSR count). The number of carboxylic acid groups (broad SMARTS) is 1. The Kier molecular flexibility index (Phi) is 9.55. The lowest BCUT2D eigenvalue weighted by Crippen LogP contribution is -2.30. The van der Waals surface area contributed by atoms with Gasteiger partial charge in [0, 0.05) is 75.0 Å². The Bertz CT molecular complexity index is 1810. The number of nitrogens with zero attached hydrogens (tertiary/aromatic N) is 1. The van der Waals surface area contributed by atoms with Gasteiger partial charge in [-0.1, -0.05) is 34.5 Å². The number of benzene rings is 3. The molecule has 10 heteroatoms. The molecule has 1 aliphatic carbocycles. The molecule has 7 nitrogen and oxygen atoms in total. The van der Waals surface area contributed by atoms with E-state index < -0.39 is 23.0 Å². The molecule has 45 heavy (non-hydrogen) atoms. The zero-order chi connectivity index (χ0) is 32.2. The van der Waals surface area contributed by atoms with Crippen molar-refractivity contribution in [2.24, 2.45) is 16.1 Å². The van der Waals surface area contributed by atoms with E-state index in [4.69, 9.17) is 15.6 Å². The van der Waals surface area contributed by atoms with Crippen molar-refractivity contribution >= 4 is 45.1 Å². The number of aliphatic hydroxyl groups excluding tert-OH is 1. The quantitative estimate of drug-likeness (QED) is 0.0839. The average Bonchev–Trinajstić information content (AvgIpc) is 3.65. The number of ether oxygens (including phenoxy) is 1. The number of hydrogen-bond donors (Lipinski definition) is 4. The molecule has 1 aromatic heterocycles. The SMILES string of the molecule is CC(CCCC1(CO)CC1)(/C(N)=C/N=Cc1cc(Oc2c(F)cc3[nH]ccc3c2/C=C/C(=O)O)ccc1F)c1cccc(Br)c1. The summed E-state index contributed by atoms with van der Waals surface area (Å²) in [7, 11) is 0. The van der Waals surface area contributed by atoms with Gasteiger partial charge in [0.25, 0.3) is 0 Å². The monoisotopic (exact) mass is 677 g/mol. The molecular formula is C35H34BrF2N3O4. The first kappa shape index (κ1) is 32.1. The van der Waals surface area contributed by atoms with Gasteiger partial charge in [-0.2, -0.15) is 0 Å². The van der Waals surface area contributed by atoms with Crippen LogP contribution in [0.15, 0.2) is 88.2 Å². The van der Waals surface area contributed by atoms with Crippen LogP contribution in [-0.2, 0) is 10.2 Å². The van der Waals surface area contributed by atoms with Crippen LogP contribution in [0.2, 0.25) is 0 Å². The van der Waals surface area contributed by atoms with Crippen molar-refractivity contribution in [1.29, 1.82) is 0 Å². The Labute approximate surface area is 268 Å². The Morgan fingerprint density at radius 1 is 1.18 bits per heavy atom. The van der Waals surface area contributed by atoms with E-state index in [2.05, 4.69) is 32.8 Å². The van der Waals surface area contributed by atoms with Crippen LogP contribution >= 0.6 is 15.9 Å². The number of aromatic amines is 1. The number of aliphatic hydroxyl groups is 1. The number of halogens is 3. The topological polar surface area (TPSA) is 121 Å². The first-order chi connectivity index (χ1) is 21.5. The number of rotatable bonds is 13. The number of aromatic nitrogens is 1. The van der Waals surface area contributed by atoms with Crippen LogP contribution < -0.4 is 10.5 Å². The Balaban J connectivity index is 1.41. The minimum Gasteiger partial charge on any atom is -0.478 e. The molecule has 5 N–H and O–H groups in total. The van der Waals surface area contributed by atoms with Crippen LogP contribution in [0.25, 0.3) is 17.0 Å². The predicted octanol–water partition coefficient (Wildman–Crippen LogP) is 8.22. The highest BCUT2D eigenvalue weighted by atomic mass is 79.9. The number of nitrogens with two attached hydrogens (primary N) is 1. The summed E-state index contributed by atoms with van der Waals surface area (Å²) >= 11 is 3.55. The average molecular weight is 679 g/mol. The van der Waals surface area contributed by atoms with Crippen molar-refractivity contribution in [3.8, 4) is 11.5 Å². The predicted molar refractivity (Wildman–Crippen MR) is 175 cm³/mol. The molecule has 4 aromatic rings. The summed E-state index contributed by atoms with van der Waals surface area (Å²) in [4.78, 5) is 18.4. The maximum absolute atomic E-state index is 15.1. The molecule has 1 saturated carbocycles. The molecule has 0 radical (unpaired) electrons. The standard InChI is InChI=1S/C35H34BrF2N3O4/c1-34(23-4-2-5-24(36)17-23,11-3-12-35(21-42)13-14-35)31(39)20-40-19-22-16-25(6-8-28(22)37)45-33-27(7-9-32(43)44)26-10-15-41-30(26)18-29(33)38/h2,4-10,15-20,41-42H,3,11-14,21,39H2,1H3,(H,43,44)/b9-7+,31-20-,40-19?. The normalized spacial score (nSPS) is 16.0. The Hall–Kier alpha value is -4.28. The molecule has 1 unspecified atom stereocenters. The number of aliphatic imine (C=N–C) groups is 1. The van der Waals surface area contributed by atoms with Crippen LogP contribution in [0.3, 0.4) is 0 Å². The summed E-state index contributed by atoms with van der Waals surface area (Å²) < 4.78 is 36.8. The second-order valence-corrected chi connectivity index (χ2v) is 12.6. The van der Waals surface area contributed by atoms with Gasteiger partial charge in [0.05, 0.1) is 0 Å². The number of carboxylic acids is 1. The lowest BCUT2D eigenvalue weighted by molar-refractivity contribution is -0.131. The highest BCUT2D eigenvalue weighted by Crippen LogP contribution is 2.50. The van der Waals surface area contributed by atoms with Crippen LogP contribution in [-0.4, -0.2) is 34.0 Å². The molecule has 0 bridgehead atoms. The molecule has 3 aromatic carbocycles. The van der Waals surface area contributed by atoms with Gasteiger partial charge in [-0.25, -0.2) is 13.6 Å². The van der Waals surface area contributed by atoms with Gasteiger partial charge >= 0.3 is 5.97 Å². The van der Waals surface area contributed by atoms with Crippen molar-refractivity contribution in [2.75, 3.05) is 6.61 Å². The molecular weight excluding hydrogens is 644 g/mol. The first-order valence-corrected chi connectivity index (χ1v) is 15.4. The number of nitrogens with one attached hydrogen (secondary N) is 1. The van der Waals surface area contributed by atoms with Gasteiger partial charge in [0.1, 0.15) is 11.6 Å². The fourth-order valence-corrected chi connectivity index (χ4v) is 5.91. The van der Waals surface area contributed by atoms with Gasteiger partial charge < -0.3 is 25.7 Å². The number of hydrogen-bond acceptors (Lipinski definition) is 5. The van der Waals surface area contributed by atoms with Crippen molar-refractivity contribution in [3.63, 3.8) is 0 Å². The Morgan fingerprint density at radius 2 is 1.98 bits per heavy atom.